The van der Waals surface area contributed by atoms with Crippen molar-refractivity contribution in [1.29, 1.82) is 0 Å². The van der Waals surface area contributed by atoms with Gasteiger partial charge in [0.1, 0.15) is 11.6 Å². The van der Waals surface area contributed by atoms with Crippen molar-refractivity contribution < 1.29 is 9.50 Å². The van der Waals surface area contributed by atoms with Gasteiger partial charge in [-0.2, -0.15) is 0 Å². The lowest BCUT2D eigenvalue weighted by molar-refractivity contribution is 0.478. The summed E-state index contributed by atoms with van der Waals surface area (Å²) in [6.07, 6.45) is 0. The summed E-state index contributed by atoms with van der Waals surface area (Å²) in [5, 5.41) is 10.9. The number of fused-ring (bicyclic) bond motifs is 1. The molecule has 0 atom stereocenters. The Kier molecular flexibility index (Phi) is 1.96. The minimum Gasteiger partial charge on any atom is -0.506 e. The van der Waals surface area contributed by atoms with Crippen LogP contribution in [0, 0.1) is 5.82 Å². The van der Waals surface area contributed by atoms with Gasteiger partial charge in [0.25, 0.3) is 0 Å². The van der Waals surface area contributed by atoms with E-state index in [1.54, 1.807) is 18.2 Å². The molecule has 0 heterocycles. The SMILES string of the molecule is Oc1c(Br)ccc2cc(F)ccc12. The third-order valence-corrected chi connectivity index (χ3v) is 2.54. The maximum atomic E-state index is 12.8. The highest BCUT2D eigenvalue weighted by Gasteiger charge is 2.03. The fourth-order valence-corrected chi connectivity index (χ4v) is 1.60. The predicted molar refractivity (Wildman–Crippen MR) is 53.3 cm³/mol. The van der Waals surface area contributed by atoms with Crippen LogP contribution in [0.1, 0.15) is 0 Å². The number of hydrogen-bond donors (Lipinski definition) is 1. The summed E-state index contributed by atoms with van der Waals surface area (Å²) in [4.78, 5) is 0. The van der Waals surface area contributed by atoms with Crippen molar-refractivity contribution in [3.05, 3.63) is 40.6 Å². The lowest BCUT2D eigenvalue weighted by Gasteiger charge is -2.02. The Morgan fingerprint density at radius 2 is 1.92 bits per heavy atom. The third kappa shape index (κ3) is 1.40. The monoisotopic (exact) mass is 240 g/mol. The van der Waals surface area contributed by atoms with Crippen LogP contribution < -0.4 is 0 Å². The van der Waals surface area contributed by atoms with E-state index >= 15 is 0 Å². The van der Waals surface area contributed by atoms with Gasteiger partial charge in [-0.05, 0) is 45.6 Å². The van der Waals surface area contributed by atoms with E-state index in [0.29, 0.717) is 15.2 Å². The van der Waals surface area contributed by atoms with E-state index in [9.17, 15) is 9.50 Å². The van der Waals surface area contributed by atoms with E-state index < -0.39 is 0 Å². The van der Waals surface area contributed by atoms with Crippen LogP contribution in [-0.2, 0) is 0 Å². The molecule has 2 rings (SSSR count). The molecule has 0 bridgehead atoms. The van der Waals surface area contributed by atoms with Crippen LogP contribution >= 0.6 is 15.9 Å². The van der Waals surface area contributed by atoms with E-state index in [2.05, 4.69) is 15.9 Å². The zero-order valence-corrected chi connectivity index (χ0v) is 8.18. The summed E-state index contributed by atoms with van der Waals surface area (Å²) >= 11 is 3.19. The highest BCUT2D eigenvalue weighted by atomic mass is 79.9. The Morgan fingerprint density at radius 3 is 2.69 bits per heavy atom. The van der Waals surface area contributed by atoms with Gasteiger partial charge >= 0.3 is 0 Å². The highest BCUT2D eigenvalue weighted by Crippen LogP contribution is 2.32. The Balaban J connectivity index is 2.87. The molecule has 0 saturated carbocycles. The van der Waals surface area contributed by atoms with E-state index in [1.807, 2.05) is 0 Å². The quantitative estimate of drug-likeness (QED) is 0.748. The maximum Gasteiger partial charge on any atom is 0.137 e. The van der Waals surface area contributed by atoms with E-state index in [-0.39, 0.29) is 11.6 Å². The van der Waals surface area contributed by atoms with Crippen LogP contribution in [0.3, 0.4) is 0 Å². The minimum atomic E-state index is -0.297. The smallest absolute Gasteiger partial charge is 0.137 e. The van der Waals surface area contributed by atoms with Crippen molar-refractivity contribution in [2.45, 2.75) is 0 Å². The van der Waals surface area contributed by atoms with Crippen LogP contribution in [0.25, 0.3) is 10.8 Å². The van der Waals surface area contributed by atoms with E-state index in [4.69, 9.17) is 0 Å². The molecule has 0 unspecified atom stereocenters. The molecular formula is C10H6BrFO. The minimum absolute atomic E-state index is 0.150. The second kappa shape index (κ2) is 3.00. The second-order valence-electron chi connectivity index (χ2n) is 2.76. The first kappa shape index (κ1) is 8.51. The average molecular weight is 241 g/mol. The summed E-state index contributed by atoms with van der Waals surface area (Å²) in [5.74, 6) is -0.147. The van der Waals surface area contributed by atoms with E-state index in [0.717, 1.165) is 0 Å². The van der Waals surface area contributed by atoms with Gasteiger partial charge in [-0.15, -0.1) is 0 Å². The number of phenols is 1. The molecule has 1 nitrogen and oxygen atoms in total. The molecule has 0 aliphatic carbocycles. The molecule has 0 fully saturated rings. The molecule has 2 aromatic rings. The standard InChI is InChI=1S/C10H6BrFO/c11-9-4-1-6-5-7(12)2-3-8(6)10(9)13/h1-5,13H. The van der Waals surface area contributed by atoms with Gasteiger partial charge < -0.3 is 5.11 Å². The number of halogens is 2. The normalized spacial score (nSPS) is 10.6. The molecular weight excluding hydrogens is 235 g/mol. The Labute approximate surface area is 82.9 Å². The first-order chi connectivity index (χ1) is 6.18. The summed E-state index contributed by atoms with van der Waals surface area (Å²) in [6.45, 7) is 0. The molecule has 0 radical (unpaired) electrons. The van der Waals surface area contributed by atoms with Crippen molar-refractivity contribution in [3.63, 3.8) is 0 Å². The van der Waals surface area contributed by atoms with Crippen molar-refractivity contribution in [2.24, 2.45) is 0 Å². The van der Waals surface area contributed by atoms with Gasteiger partial charge in [0.15, 0.2) is 0 Å². The molecule has 1 N–H and O–H groups in total. The fraction of sp³-hybridized carbons (Fsp3) is 0. The number of rotatable bonds is 0. The predicted octanol–water partition coefficient (Wildman–Crippen LogP) is 3.45. The number of aromatic hydroxyl groups is 1. The van der Waals surface area contributed by atoms with Crippen molar-refractivity contribution >= 4 is 26.7 Å². The summed E-state index contributed by atoms with van der Waals surface area (Å²) in [6, 6.07) is 7.72. The first-order valence-corrected chi connectivity index (χ1v) is 4.54. The summed E-state index contributed by atoms with van der Waals surface area (Å²) < 4.78 is 13.4. The zero-order chi connectivity index (χ0) is 9.42. The molecule has 13 heavy (non-hydrogen) atoms. The zero-order valence-electron chi connectivity index (χ0n) is 6.59. The summed E-state index contributed by atoms with van der Waals surface area (Å²) in [7, 11) is 0. The van der Waals surface area contributed by atoms with Crippen LogP contribution in [0.15, 0.2) is 34.8 Å². The van der Waals surface area contributed by atoms with Crippen LogP contribution in [-0.4, -0.2) is 5.11 Å². The van der Waals surface area contributed by atoms with Gasteiger partial charge in [-0.1, -0.05) is 6.07 Å². The average Bonchev–Trinajstić information content (AvgIpc) is 2.12. The highest BCUT2D eigenvalue weighted by molar-refractivity contribution is 9.10. The van der Waals surface area contributed by atoms with Gasteiger partial charge in [-0.25, -0.2) is 4.39 Å². The lowest BCUT2D eigenvalue weighted by atomic mass is 10.1. The molecule has 0 spiro atoms. The Hall–Kier alpha value is -1.09. The molecule has 0 aromatic heterocycles. The number of benzene rings is 2. The lowest BCUT2D eigenvalue weighted by Crippen LogP contribution is -1.78. The fourth-order valence-electron chi connectivity index (χ4n) is 1.26. The Bertz CT molecular complexity index is 468. The Morgan fingerprint density at radius 1 is 1.15 bits per heavy atom. The van der Waals surface area contributed by atoms with Gasteiger partial charge in [0, 0.05) is 5.39 Å². The molecule has 3 heteroatoms. The molecule has 0 aliphatic rings. The molecule has 66 valence electrons. The topological polar surface area (TPSA) is 20.2 Å². The first-order valence-electron chi connectivity index (χ1n) is 3.75. The van der Waals surface area contributed by atoms with Crippen LogP contribution in [0.4, 0.5) is 4.39 Å². The van der Waals surface area contributed by atoms with Crippen LogP contribution in [0.5, 0.6) is 5.75 Å². The number of phenolic OH excluding ortho intramolecular Hbond substituents is 1. The molecule has 0 amide bonds. The molecule has 0 aliphatic heterocycles. The maximum absolute atomic E-state index is 12.8. The van der Waals surface area contributed by atoms with E-state index in [1.165, 1.54) is 12.1 Å². The van der Waals surface area contributed by atoms with Gasteiger partial charge in [0.2, 0.25) is 0 Å². The van der Waals surface area contributed by atoms with Gasteiger partial charge in [0.05, 0.1) is 4.47 Å². The van der Waals surface area contributed by atoms with Crippen molar-refractivity contribution in [2.75, 3.05) is 0 Å². The third-order valence-electron chi connectivity index (χ3n) is 1.90. The van der Waals surface area contributed by atoms with Crippen LogP contribution in [0.2, 0.25) is 0 Å². The largest absolute Gasteiger partial charge is 0.506 e. The molecule has 2 aromatic carbocycles. The number of hydrogen-bond acceptors (Lipinski definition) is 1. The van der Waals surface area contributed by atoms with Crippen molar-refractivity contribution in [3.8, 4) is 5.75 Å². The van der Waals surface area contributed by atoms with Crippen molar-refractivity contribution in [1.82, 2.24) is 0 Å². The van der Waals surface area contributed by atoms with Gasteiger partial charge in [-0.3, -0.25) is 0 Å². The second-order valence-corrected chi connectivity index (χ2v) is 3.62. The molecule has 0 saturated heterocycles. The summed E-state index contributed by atoms with van der Waals surface area (Å²) in [5.41, 5.74) is 0.